The SMILES string of the molecule is COc1ccc(OC(=O)N2CCC([C@@H]3Cc4c(ccc(C)c4O)[C@H](CN)O3)CC2)cc1.Cl. The number of carbonyl (C=O) groups is 1. The number of phenolic OH excluding ortho intramolecular Hbond substituents is 1. The van der Waals surface area contributed by atoms with Gasteiger partial charge in [0, 0.05) is 31.6 Å². The lowest BCUT2D eigenvalue weighted by atomic mass is 9.83. The fourth-order valence-corrected chi connectivity index (χ4v) is 4.54. The van der Waals surface area contributed by atoms with Crippen LogP contribution in [0.2, 0.25) is 0 Å². The summed E-state index contributed by atoms with van der Waals surface area (Å²) in [5.74, 6) is 1.86. The molecule has 2 heterocycles. The number of ether oxygens (including phenoxy) is 3. The molecule has 0 saturated carbocycles. The molecule has 1 amide bonds. The fraction of sp³-hybridized carbons (Fsp3) is 0.458. The second-order valence-corrected chi connectivity index (χ2v) is 8.27. The number of piperidine rings is 1. The van der Waals surface area contributed by atoms with Crippen LogP contribution < -0.4 is 15.2 Å². The number of benzene rings is 2. The number of carbonyl (C=O) groups excluding carboxylic acids is 1. The van der Waals surface area contributed by atoms with Crippen LogP contribution in [0.15, 0.2) is 36.4 Å². The summed E-state index contributed by atoms with van der Waals surface area (Å²) in [5, 5.41) is 10.6. The van der Waals surface area contributed by atoms with Crippen molar-refractivity contribution < 1.29 is 24.1 Å². The molecule has 0 unspecified atom stereocenters. The highest BCUT2D eigenvalue weighted by Gasteiger charge is 2.36. The maximum atomic E-state index is 12.5. The zero-order valence-electron chi connectivity index (χ0n) is 18.5. The van der Waals surface area contributed by atoms with Crippen LogP contribution >= 0.6 is 12.4 Å². The molecule has 2 aromatic carbocycles. The number of hydrogen-bond donors (Lipinski definition) is 2. The summed E-state index contributed by atoms with van der Waals surface area (Å²) in [6.45, 7) is 3.50. The topological polar surface area (TPSA) is 94.2 Å². The van der Waals surface area contributed by atoms with E-state index in [1.807, 2.05) is 19.1 Å². The average Bonchev–Trinajstić information content (AvgIpc) is 2.81. The van der Waals surface area contributed by atoms with Crippen molar-refractivity contribution in [1.29, 1.82) is 0 Å². The van der Waals surface area contributed by atoms with Crippen molar-refractivity contribution in [3.63, 3.8) is 0 Å². The molecule has 0 aliphatic carbocycles. The van der Waals surface area contributed by atoms with Crippen molar-refractivity contribution >= 4 is 18.5 Å². The monoisotopic (exact) mass is 462 g/mol. The van der Waals surface area contributed by atoms with Crippen molar-refractivity contribution in [2.45, 2.75) is 38.4 Å². The van der Waals surface area contributed by atoms with Gasteiger partial charge in [-0.2, -0.15) is 0 Å². The molecule has 4 rings (SSSR count). The number of rotatable bonds is 4. The number of hydrogen-bond acceptors (Lipinski definition) is 6. The molecule has 174 valence electrons. The number of phenols is 1. The van der Waals surface area contributed by atoms with Gasteiger partial charge in [-0.15, -0.1) is 12.4 Å². The number of nitrogens with zero attached hydrogens (tertiary/aromatic N) is 1. The molecule has 2 aliphatic rings. The maximum Gasteiger partial charge on any atom is 0.415 e. The Morgan fingerprint density at radius 1 is 1.16 bits per heavy atom. The normalized spacial score (nSPS) is 20.8. The standard InChI is InChI=1S/C24H30N2O5.ClH/c1-15-3-8-19-20(23(15)27)13-21(31-22(19)14-25)16-9-11-26(12-10-16)24(28)30-18-6-4-17(29-2)5-7-18;/h3-8,16,21-22,27H,9-14,25H2,1-2H3;1H/t21-,22-;/m0./s1. The van der Waals surface area contributed by atoms with Gasteiger partial charge in [-0.25, -0.2) is 4.79 Å². The molecule has 8 heteroatoms. The Morgan fingerprint density at radius 2 is 1.81 bits per heavy atom. The highest BCUT2D eigenvalue weighted by Crippen LogP contribution is 2.40. The Kier molecular flexibility index (Phi) is 7.87. The molecular weight excluding hydrogens is 432 g/mol. The van der Waals surface area contributed by atoms with Crippen LogP contribution in [0.3, 0.4) is 0 Å². The van der Waals surface area contributed by atoms with Crippen molar-refractivity contribution in [2.24, 2.45) is 11.7 Å². The first-order chi connectivity index (χ1) is 15.0. The Hall–Kier alpha value is -2.48. The summed E-state index contributed by atoms with van der Waals surface area (Å²) in [7, 11) is 1.60. The number of aryl methyl sites for hydroxylation is 1. The molecule has 1 fully saturated rings. The van der Waals surface area contributed by atoms with E-state index in [9.17, 15) is 9.90 Å². The molecule has 2 aliphatic heterocycles. The summed E-state index contributed by atoms with van der Waals surface area (Å²) in [4.78, 5) is 14.3. The van der Waals surface area contributed by atoms with E-state index in [2.05, 4.69) is 0 Å². The molecular formula is C24H31ClN2O5. The number of aromatic hydroxyl groups is 1. The zero-order chi connectivity index (χ0) is 22.0. The van der Waals surface area contributed by atoms with Gasteiger partial charge in [-0.05, 0) is 61.1 Å². The highest BCUT2D eigenvalue weighted by atomic mass is 35.5. The first-order valence-electron chi connectivity index (χ1n) is 10.8. The van der Waals surface area contributed by atoms with Gasteiger partial charge < -0.3 is 30.0 Å². The molecule has 2 atom stereocenters. The van der Waals surface area contributed by atoms with Gasteiger partial charge >= 0.3 is 6.09 Å². The second-order valence-electron chi connectivity index (χ2n) is 8.27. The minimum atomic E-state index is -0.341. The molecule has 3 N–H and O–H groups in total. The highest BCUT2D eigenvalue weighted by molar-refractivity contribution is 5.85. The third-order valence-electron chi connectivity index (χ3n) is 6.41. The summed E-state index contributed by atoms with van der Waals surface area (Å²) >= 11 is 0. The van der Waals surface area contributed by atoms with E-state index in [1.54, 1.807) is 36.3 Å². The van der Waals surface area contributed by atoms with E-state index in [0.717, 1.165) is 29.5 Å². The van der Waals surface area contributed by atoms with Crippen molar-refractivity contribution in [1.82, 2.24) is 4.90 Å². The number of fused-ring (bicyclic) bond motifs is 1. The van der Waals surface area contributed by atoms with Crippen LogP contribution in [0, 0.1) is 12.8 Å². The van der Waals surface area contributed by atoms with Gasteiger partial charge in [0.2, 0.25) is 0 Å². The zero-order valence-corrected chi connectivity index (χ0v) is 19.3. The van der Waals surface area contributed by atoms with E-state index in [4.69, 9.17) is 19.9 Å². The predicted octanol–water partition coefficient (Wildman–Crippen LogP) is 3.98. The maximum absolute atomic E-state index is 12.5. The first-order valence-corrected chi connectivity index (χ1v) is 10.8. The minimum Gasteiger partial charge on any atom is -0.507 e. The van der Waals surface area contributed by atoms with Gasteiger partial charge in [0.25, 0.3) is 0 Å². The number of methoxy groups -OCH3 is 1. The Balaban J connectivity index is 0.00000289. The lowest BCUT2D eigenvalue weighted by molar-refractivity contribution is -0.0633. The summed E-state index contributed by atoms with van der Waals surface area (Å²) in [6.07, 6.45) is 1.74. The summed E-state index contributed by atoms with van der Waals surface area (Å²) < 4.78 is 16.9. The lowest BCUT2D eigenvalue weighted by Crippen LogP contribution is -2.45. The van der Waals surface area contributed by atoms with Crippen molar-refractivity contribution in [2.75, 3.05) is 26.7 Å². The fourth-order valence-electron chi connectivity index (χ4n) is 4.54. The molecule has 0 aromatic heterocycles. The Labute approximate surface area is 194 Å². The molecule has 0 spiro atoms. The summed E-state index contributed by atoms with van der Waals surface area (Å²) in [5.41, 5.74) is 8.77. The number of amides is 1. The molecule has 1 saturated heterocycles. The average molecular weight is 463 g/mol. The first kappa shape index (κ1) is 24.2. The smallest absolute Gasteiger partial charge is 0.415 e. The Bertz CT molecular complexity index is 929. The quantitative estimate of drug-likeness (QED) is 0.713. The number of nitrogens with two attached hydrogens (primary N) is 1. The van der Waals surface area contributed by atoms with Crippen LogP contribution in [0.4, 0.5) is 4.79 Å². The number of likely N-dealkylation sites (tertiary alicyclic amines) is 1. The van der Waals surface area contributed by atoms with Crippen LogP contribution in [-0.4, -0.2) is 48.9 Å². The predicted molar refractivity (Wildman–Crippen MR) is 124 cm³/mol. The van der Waals surface area contributed by atoms with Crippen LogP contribution in [-0.2, 0) is 11.2 Å². The van der Waals surface area contributed by atoms with E-state index in [1.165, 1.54) is 0 Å². The number of halogens is 1. The molecule has 0 bridgehead atoms. The Morgan fingerprint density at radius 3 is 2.44 bits per heavy atom. The van der Waals surface area contributed by atoms with Crippen LogP contribution in [0.1, 0.15) is 35.6 Å². The van der Waals surface area contributed by atoms with E-state index in [-0.39, 0.29) is 30.7 Å². The van der Waals surface area contributed by atoms with E-state index < -0.39 is 0 Å². The largest absolute Gasteiger partial charge is 0.507 e. The van der Waals surface area contributed by atoms with Crippen molar-refractivity contribution in [3.05, 3.63) is 53.1 Å². The molecule has 7 nitrogen and oxygen atoms in total. The van der Waals surface area contributed by atoms with Crippen LogP contribution in [0.5, 0.6) is 17.2 Å². The van der Waals surface area contributed by atoms with Gasteiger partial charge in [0.15, 0.2) is 0 Å². The van der Waals surface area contributed by atoms with Crippen molar-refractivity contribution in [3.8, 4) is 17.2 Å². The van der Waals surface area contributed by atoms with Gasteiger partial charge in [-0.3, -0.25) is 0 Å². The van der Waals surface area contributed by atoms with Gasteiger partial charge in [-0.1, -0.05) is 12.1 Å². The van der Waals surface area contributed by atoms with E-state index in [0.29, 0.717) is 49.2 Å². The van der Waals surface area contributed by atoms with Gasteiger partial charge in [0.05, 0.1) is 19.3 Å². The van der Waals surface area contributed by atoms with E-state index >= 15 is 0 Å². The third-order valence-corrected chi connectivity index (χ3v) is 6.41. The summed E-state index contributed by atoms with van der Waals surface area (Å²) in [6, 6.07) is 10.9. The molecule has 0 radical (unpaired) electrons. The van der Waals surface area contributed by atoms with Gasteiger partial charge in [0.1, 0.15) is 17.2 Å². The molecule has 32 heavy (non-hydrogen) atoms. The van der Waals surface area contributed by atoms with Crippen LogP contribution in [0.25, 0.3) is 0 Å². The minimum absolute atomic E-state index is 0. The second kappa shape index (κ2) is 10.4. The lowest BCUT2D eigenvalue weighted by Gasteiger charge is -2.40. The molecule has 2 aromatic rings. The third kappa shape index (κ3) is 4.95.